The molecule has 0 saturated heterocycles. The third kappa shape index (κ3) is 4.87. The number of carboxylic acids is 1. The molecular weight excluding hydrogens is 242 g/mol. The van der Waals surface area contributed by atoms with Crippen LogP contribution in [-0.2, 0) is 9.59 Å². The summed E-state index contributed by atoms with van der Waals surface area (Å²) < 4.78 is 0. The fraction of sp³-hybridized carbons (Fsp3) is 0.333. The van der Waals surface area contributed by atoms with Crippen LogP contribution in [0.2, 0.25) is 5.02 Å². The molecule has 0 aliphatic carbocycles. The Balaban J connectivity index is 2.51. The fourth-order valence-electron chi connectivity index (χ4n) is 1.39. The number of amides is 1. The van der Waals surface area contributed by atoms with Gasteiger partial charge in [0.05, 0.1) is 12.5 Å². The van der Waals surface area contributed by atoms with E-state index in [0.29, 0.717) is 5.02 Å². The van der Waals surface area contributed by atoms with Gasteiger partial charge in [-0.2, -0.15) is 0 Å². The van der Waals surface area contributed by atoms with E-state index in [-0.39, 0.29) is 24.8 Å². The summed E-state index contributed by atoms with van der Waals surface area (Å²) in [5.74, 6) is -1.25. The number of carboxylic acid groups (broad SMARTS) is 1. The van der Waals surface area contributed by atoms with Crippen molar-refractivity contribution < 1.29 is 14.7 Å². The Labute approximate surface area is 105 Å². The number of carbonyl (C=O) groups is 2. The molecule has 92 valence electrons. The largest absolute Gasteiger partial charge is 0.481 e. The molecule has 1 aromatic carbocycles. The molecule has 0 unspecified atom stereocenters. The Morgan fingerprint density at radius 3 is 2.71 bits per heavy atom. The average Bonchev–Trinajstić information content (AvgIpc) is 2.26. The monoisotopic (exact) mass is 255 g/mol. The number of hydrogen-bond donors (Lipinski definition) is 2. The van der Waals surface area contributed by atoms with Gasteiger partial charge in [-0.1, -0.05) is 23.7 Å². The molecule has 1 aromatic rings. The third-order valence-corrected chi connectivity index (χ3v) is 2.53. The molecule has 0 radical (unpaired) electrons. The molecule has 0 bridgehead atoms. The number of aliphatic carboxylic acids is 1. The lowest BCUT2D eigenvalue weighted by molar-refractivity contribution is -0.138. The van der Waals surface area contributed by atoms with Gasteiger partial charge in [-0.15, -0.1) is 0 Å². The normalized spacial score (nSPS) is 11.9. The molecule has 4 nitrogen and oxygen atoms in total. The van der Waals surface area contributed by atoms with Crippen LogP contribution < -0.4 is 5.32 Å². The highest BCUT2D eigenvalue weighted by atomic mass is 35.5. The van der Waals surface area contributed by atoms with E-state index in [4.69, 9.17) is 16.7 Å². The lowest BCUT2D eigenvalue weighted by Crippen LogP contribution is -2.26. The first-order valence-corrected chi connectivity index (χ1v) is 5.63. The molecule has 2 N–H and O–H groups in total. The smallest absolute Gasteiger partial charge is 0.303 e. The summed E-state index contributed by atoms with van der Waals surface area (Å²) in [6.07, 6.45) is -0.172. The van der Waals surface area contributed by atoms with Crippen molar-refractivity contribution in [2.24, 2.45) is 0 Å². The minimum atomic E-state index is -0.976. The number of hydrogen-bond acceptors (Lipinski definition) is 2. The number of halogens is 1. The highest BCUT2D eigenvalue weighted by Crippen LogP contribution is 2.17. The second-order valence-corrected chi connectivity index (χ2v) is 4.17. The van der Waals surface area contributed by atoms with Crippen molar-refractivity contribution in [3.63, 3.8) is 0 Å². The van der Waals surface area contributed by atoms with Crippen LogP contribution in [0.3, 0.4) is 0 Å². The minimum absolute atomic E-state index is 0.0137. The van der Waals surface area contributed by atoms with Crippen molar-refractivity contribution in [2.45, 2.75) is 25.8 Å². The zero-order valence-corrected chi connectivity index (χ0v) is 10.2. The van der Waals surface area contributed by atoms with Gasteiger partial charge < -0.3 is 10.4 Å². The molecule has 0 spiro atoms. The van der Waals surface area contributed by atoms with Crippen LogP contribution in [0.1, 0.15) is 31.4 Å². The van der Waals surface area contributed by atoms with Crippen LogP contribution in [0.4, 0.5) is 0 Å². The standard InChI is InChI=1S/C12H14ClNO3/c1-8(9-3-2-4-10(13)7-9)14-11(15)5-6-12(16)17/h2-4,7-8H,5-6H2,1H3,(H,14,15)(H,16,17)/t8-/m1/s1. The maximum absolute atomic E-state index is 11.4. The highest BCUT2D eigenvalue weighted by molar-refractivity contribution is 6.30. The molecule has 1 amide bonds. The van der Waals surface area contributed by atoms with Gasteiger partial charge in [-0.3, -0.25) is 9.59 Å². The summed E-state index contributed by atoms with van der Waals surface area (Å²) in [5.41, 5.74) is 0.890. The summed E-state index contributed by atoms with van der Waals surface area (Å²) in [4.78, 5) is 21.7. The van der Waals surface area contributed by atoms with Crippen LogP contribution in [-0.4, -0.2) is 17.0 Å². The minimum Gasteiger partial charge on any atom is -0.481 e. The Bertz CT molecular complexity index is 420. The van der Waals surface area contributed by atoms with Crippen molar-refractivity contribution in [3.05, 3.63) is 34.9 Å². The fourth-order valence-corrected chi connectivity index (χ4v) is 1.59. The molecule has 0 aromatic heterocycles. The van der Waals surface area contributed by atoms with E-state index in [0.717, 1.165) is 5.56 Å². The van der Waals surface area contributed by atoms with Crippen LogP contribution in [0.25, 0.3) is 0 Å². The number of nitrogens with one attached hydrogen (secondary N) is 1. The molecule has 1 atom stereocenters. The molecule has 1 rings (SSSR count). The molecular formula is C12H14ClNO3. The Hall–Kier alpha value is -1.55. The van der Waals surface area contributed by atoms with Crippen molar-refractivity contribution in [1.82, 2.24) is 5.32 Å². The molecule has 0 aliphatic rings. The van der Waals surface area contributed by atoms with E-state index in [1.165, 1.54) is 0 Å². The van der Waals surface area contributed by atoms with Crippen molar-refractivity contribution >= 4 is 23.5 Å². The second kappa shape index (κ2) is 6.25. The zero-order valence-electron chi connectivity index (χ0n) is 9.44. The molecule has 17 heavy (non-hydrogen) atoms. The first kappa shape index (κ1) is 13.5. The quantitative estimate of drug-likeness (QED) is 0.849. The summed E-state index contributed by atoms with van der Waals surface area (Å²) in [7, 11) is 0. The topological polar surface area (TPSA) is 66.4 Å². The van der Waals surface area contributed by atoms with E-state index in [1.807, 2.05) is 13.0 Å². The molecule has 0 fully saturated rings. The highest BCUT2D eigenvalue weighted by Gasteiger charge is 2.10. The first-order valence-electron chi connectivity index (χ1n) is 5.25. The maximum Gasteiger partial charge on any atom is 0.303 e. The van der Waals surface area contributed by atoms with Gasteiger partial charge in [0, 0.05) is 11.4 Å². The van der Waals surface area contributed by atoms with E-state index >= 15 is 0 Å². The third-order valence-electron chi connectivity index (χ3n) is 2.29. The van der Waals surface area contributed by atoms with Crippen LogP contribution in [0, 0.1) is 0 Å². The molecule has 0 heterocycles. The van der Waals surface area contributed by atoms with Gasteiger partial charge in [0.1, 0.15) is 0 Å². The van der Waals surface area contributed by atoms with E-state index in [2.05, 4.69) is 5.32 Å². The number of carbonyl (C=O) groups excluding carboxylic acids is 1. The van der Waals surface area contributed by atoms with Gasteiger partial charge in [-0.25, -0.2) is 0 Å². The van der Waals surface area contributed by atoms with E-state index in [9.17, 15) is 9.59 Å². The average molecular weight is 256 g/mol. The predicted molar refractivity (Wildman–Crippen MR) is 64.9 cm³/mol. The predicted octanol–water partition coefficient (Wildman–Crippen LogP) is 2.38. The first-order chi connectivity index (χ1) is 7.99. The SMILES string of the molecule is C[C@@H](NC(=O)CCC(=O)O)c1cccc(Cl)c1. The second-order valence-electron chi connectivity index (χ2n) is 3.74. The van der Waals surface area contributed by atoms with Gasteiger partial charge in [0.15, 0.2) is 0 Å². The zero-order chi connectivity index (χ0) is 12.8. The van der Waals surface area contributed by atoms with Crippen molar-refractivity contribution in [3.8, 4) is 0 Å². The lowest BCUT2D eigenvalue weighted by atomic mass is 10.1. The number of benzene rings is 1. The molecule has 0 aliphatic heterocycles. The van der Waals surface area contributed by atoms with Gasteiger partial charge in [0.25, 0.3) is 0 Å². The van der Waals surface area contributed by atoms with Gasteiger partial charge in [-0.05, 0) is 24.6 Å². The summed E-state index contributed by atoms with van der Waals surface area (Å²) in [6, 6.07) is 6.99. The van der Waals surface area contributed by atoms with E-state index in [1.54, 1.807) is 18.2 Å². The van der Waals surface area contributed by atoms with Gasteiger partial charge in [0.2, 0.25) is 5.91 Å². The van der Waals surface area contributed by atoms with Crippen LogP contribution in [0.5, 0.6) is 0 Å². The van der Waals surface area contributed by atoms with Crippen LogP contribution in [0.15, 0.2) is 24.3 Å². The Kier molecular flexibility index (Phi) is 4.97. The van der Waals surface area contributed by atoms with Gasteiger partial charge >= 0.3 is 5.97 Å². The molecule has 5 heteroatoms. The Morgan fingerprint density at radius 1 is 1.41 bits per heavy atom. The summed E-state index contributed by atoms with van der Waals surface area (Å²) in [6.45, 7) is 1.82. The number of rotatable bonds is 5. The van der Waals surface area contributed by atoms with Crippen molar-refractivity contribution in [1.29, 1.82) is 0 Å². The Morgan fingerprint density at radius 2 is 2.12 bits per heavy atom. The van der Waals surface area contributed by atoms with E-state index < -0.39 is 5.97 Å². The summed E-state index contributed by atoms with van der Waals surface area (Å²) in [5, 5.41) is 11.8. The van der Waals surface area contributed by atoms with Crippen LogP contribution >= 0.6 is 11.6 Å². The molecule has 0 saturated carbocycles. The summed E-state index contributed by atoms with van der Waals surface area (Å²) >= 11 is 5.84. The lowest BCUT2D eigenvalue weighted by Gasteiger charge is -2.14. The maximum atomic E-state index is 11.4. The van der Waals surface area contributed by atoms with Crippen molar-refractivity contribution in [2.75, 3.05) is 0 Å².